The summed E-state index contributed by atoms with van der Waals surface area (Å²) < 4.78 is 0. The molecular formula is C18H18N2O6. The number of rotatable bonds is 8. The SMILES string of the molecule is O=C(CN(Cc1ccc(C(=O)O)cc1)Cc1ccc(C(=O)O)cc1)NO. The van der Waals surface area contributed by atoms with Crippen molar-refractivity contribution in [3.8, 4) is 0 Å². The van der Waals surface area contributed by atoms with Crippen LogP contribution in [0.2, 0.25) is 0 Å². The maximum atomic E-state index is 11.5. The van der Waals surface area contributed by atoms with Gasteiger partial charge in [-0.1, -0.05) is 24.3 Å². The standard InChI is InChI=1S/C18H18N2O6/c21-16(19-26)11-20(9-12-1-5-14(6-2-12)17(22)23)10-13-3-7-15(8-4-13)18(24)25/h1-8,26H,9-11H2,(H,19,21)(H,22,23)(H,24,25). The smallest absolute Gasteiger partial charge is 0.335 e. The second kappa shape index (κ2) is 8.75. The number of hydrogen-bond acceptors (Lipinski definition) is 5. The lowest BCUT2D eigenvalue weighted by atomic mass is 10.1. The Morgan fingerprint density at radius 1 is 0.769 bits per heavy atom. The molecule has 0 fully saturated rings. The molecule has 2 aromatic rings. The average Bonchev–Trinajstić information content (AvgIpc) is 2.62. The molecule has 4 N–H and O–H groups in total. The zero-order chi connectivity index (χ0) is 19.1. The third-order valence-corrected chi connectivity index (χ3v) is 3.71. The van der Waals surface area contributed by atoms with Crippen molar-refractivity contribution in [1.29, 1.82) is 0 Å². The van der Waals surface area contributed by atoms with E-state index >= 15 is 0 Å². The highest BCUT2D eigenvalue weighted by Gasteiger charge is 2.13. The average molecular weight is 358 g/mol. The van der Waals surface area contributed by atoms with Gasteiger partial charge in [-0.05, 0) is 35.4 Å². The molecule has 1 amide bonds. The number of carboxylic acids is 2. The number of aromatic carboxylic acids is 2. The predicted molar refractivity (Wildman–Crippen MR) is 90.8 cm³/mol. The summed E-state index contributed by atoms with van der Waals surface area (Å²) in [6, 6.07) is 12.5. The Morgan fingerprint density at radius 2 is 1.15 bits per heavy atom. The first kappa shape index (κ1) is 19.1. The van der Waals surface area contributed by atoms with Crippen LogP contribution in [0.15, 0.2) is 48.5 Å². The van der Waals surface area contributed by atoms with Crippen LogP contribution in [0.25, 0.3) is 0 Å². The summed E-state index contributed by atoms with van der Waals surface area (Å²) in [5.41, 5.74) is 3.50. The van der Waals surface area contributed by atoms with Gasteiger partial charge >= 0.3 is 11.9 Å². The Bertz CT molecular complexity index is 727. The monoisotopic (exact) mass is 358 g/mol. The third kappa shape index (κ3) is 5.40. The lowest BCUT2D eigenvalue weighted by molar-refractivity contribution is -0.130. The Hall–Kier alpha value is -3.23. The Kier molecular flexibility index (Phi) is 6.42. The van der Waals surface area contributed by atoms with Crippen LogP contribution < -0.4 is 5.48 Å². The van der Waals surface area contributed by atoms with Gasteiger partial charge in [-0.15, -0.1) is 0 Å². The summed E-state index contributed by atoms with van der Waals surface area (Å²) in [6.45, 7) is 0.597. The highest BCUT2D eigenvalue weighted by molar-refractivity contribution is 5.88. The molecule has 0 aliphatic carbocycles. The number of nitrogens with one attached hydrogen (secondary N) is 1. The first-order chi connectivity index (χ1) is 12.4. The molecular weight excluding hydrogens is 340 g/mol. The van der Waals surface area contributed by atoms with Gasteiger partial charge < -0.3 is 10.2 Å². The quantitative estimate of drug-likeness (QED) is 0.417. The molecule has 0 aromatic heterocycles. The molecule has 0 saturated heterocycles. The highest BCUT2D eigenvalue weighted by atomic mass is 16.5. The summed E-state index contributed by atoms with van der Waals surface area (Å²) >= 11 is 0. The highest BCUT2D eigenvalue weighted by Crippen LogP contribution is 2.12. The van der Waals surface area contributed by atoms with E-state index in [0.29, 0.717) is 13.1 Å². The first-order valence-electron chi connectivity index (χ1n) is 7.69. The Balaban J connectivity index is 2.13. The molecule has 0 heterocycles. The van der Waals surface area contributed by atoms with E-state index in [1.807, 2.05) is 0 Å². The number of hydrogen-bond donors (Lipinski definition) is 4. The minimum Gasteiger partial charge on any atom is -0.478 e. The molecule has 0 spiro atoms. The molecule has 26 heavy (non-hydrogen) atoms. The van der Waals surface area contributed by atoms with Crippen molar-refractivity contribution < 1.29 is 29.8 Å². The van der Waals surface area contributed by atoms with Gasteiger partial charge in [0.15, 0.2) is 0 Å². The van der Waals surface area contributed by atoms with Crippen LogP contribution in [0.3, 0.4) is 0 Å². The van der Waals surface area contributed by atoms with Crippen LogP contribution in [-0.2, 0) is 17.9 Å². The van der Waals surface area contributed by atoms with E-state index in [1.165, 1.54) is 24.3 Å². The van der Waals surface area contributed by atoms with Crippen molar-refractivity contribution in [1.82, 2.24) is 10.4 Å². The number of amides is 1. The van der Waals surface area contributed by atoms with Gasteiger partial charge in [0.05, 0.1) is 17.7 Å². The molecule has 0 aliphatic heterocycles. The van der Waals surface area contributed by atoms with Crippen molar-refractivity contribution in [2.24, 2.45) is 0 Å². The summed E-state index contributed by atoms with van der Waals surface area (Å²) in [6.07, 6.45) is 0. The van der Waals surface area contributed by atoms with Crippen LogP contribution in [0.1, 0.15) is 31.8 Å². The van der Waals surface area contributed by atoms with Gasteiger partial charge in [-0.2, -0.15) is 0 Å². The number of carbonyl (C=O) groups excluding carboxylic acids is 1. The van der Waals surface area contributed by atoms with E-state index in [2.05, 4.69) is 0 Å². The van der Waals surface area contributed by atoms with E-state index in [9.17, 15) is 14.4 Å². The number of benzene rings is 2. The normalized spacial score (nSPS) is 10.5. The third-order valence-electron chi connectivity index (χ3n) is 3.71. The van der Waals surface area contributed by atoms with Crippen LogP contribution in [-0.4, -0.2) is 44.7 Å². The molecule has 8 heteroatoms. The van der Waals surface area contributed by atoms with Gasteiger partial charge in [0.25, 0.3) is 5.91 Å². The Morgan fingerprint density at radius 3 is 1.46 bits per heavy atom. The number of carboxylic acid groups (broad SMARTS) is 2. The largest absolute Gasteiger partial charge is 0.478 e. The van der Waals surface area contributed by atoms with Crippen LogP contribution in [0.4, 0.5) is 0 Å². The van der Waals surface area contributed by atoms with Crippen LogP contribution in [0, 0.1) is 0 Å². The minimum atomic E-state index is -1.02. The lowest BCUT2D eigenvalue weighted by Crippen LogP contribution is -2.35. The van der Waals surface area contributed by atoms with Gasteiger partial charge in [0, 0.05) is 13.1 Å². The van der Waals surface area contributed by atoms with Crippen LogP contribution in [0.5, 0.6) is 0 Å². The van der Waals surface area contributed by atoms with Gasteiger partial charge in [0.1, 0.15) is 0 Å². The van der Waals surface area contributed by atoms with Gasteiger partial charge in [-0.3, -0.25) is 14.9 Å². The second-order valence-corrected chi connectivity index (χ2v) is 5.68. The van der Waals surface area contributed by atoms with Crippen molar-refractivity contribution in [3.63, 3.8) is 0 Å². The summed E-state index contributed by atoms with van der Waals surface area (Å²) in [4.78, 5) is 35.1. The molecule has 136 valence electrons. The zero-order valence-electron chi connectivity index (χ0n) is 13.8. The summed E-state index contributed by atoms with van der Waals surface area (Å²) in [5, 5.41) is 26.6. The molecule has 0 radical (unpaired) electrons. The maximum absolute atomic E-state index is 11.5. The lowest BCUT2D eigenvalue weighted by Gasteiger charge is -2.21. The fraction of sp³-hybridized carbons (Fsp3) is 0.167. The van der Waals surface area contributed by atoms with Crippen molar-refractivity contribution >= 4 is 17.8 Å². The minimum absolute atomic E-state index is 0.0855. The number of carbonyl (C=O) groups is 3. The van der Waals surface area contributed by atoms with Crippen molar-refractivity contribution in [3.05, 3.63) is 70.8 Å². The first-order valence-corrected chi connectivity index (χ1v) is 7.69. The number of nitrogens with zero attached hydrogens (tertiary/aromatic N) is 1. The molecule has 0 bridgehead atoms. The Labute approximate surface area is 149 Å². The molecule has 8 nitrogen and oxygen atoms in total. The van der Waals surface area contributed by atoms with Crippen molar-refractivity contribution in [2.75, 3.05) is 6.54 Å². The molecule has 0 saturated carbocycles. The topological polar surface area (TPSA) is 127 Å². The summed E-state index contributed by atoms with van der Waals surface area (Å²) in [5.74, 6) is -2.63. The van der Waals surface area contributed by atoms with E-state index in [0.717, 1.165) is 11.1 Å². The van der Waals surface area contributed by atoms with Gasteiger partial charge in [0.2, 0.25) is 0 Å². The molecule has 0 atom stereocenters. The molecule has 2 aromatic carbocycles. The van der Waals surface area contributed by atoms with E-state index in [-0.39, 0.29) is 17.7 Å². The fourth-order valence-corrected chi connectivity index (χ4v) is 2.43. The zero-order valence-corrected chi connectivity index (χ0v) is 13.8. The predicted octanol–water partition coefficient (Wildman–Crippen LogP) is 1.59. The van der Waals surface area contributed by atoms with Gasteiger partial charge in [-0.25, -0.2) is 15.1 Å². The maximum Gasteiger partial charge on any atom is 0.335 e. The molecule has 2 rings (SSSR count). The molecule has 0 unspecified atom stereocenters. The van der Waals surface area contributed by atoms with Crippen LogP contribution >= 0.6 is 0 Å². The van der Waals surface area contributed by atoms with E-state index in [4.69, 9.17) is 15.4 Å². The van der Waals surface area contributed by atoms with E-state index in [1.54, 1.807) is 34.6 Å². The fourth-order valence-electron chi connectivity index (χ4n) is 2.43. The van der Waals surface area contributed by atoms with Crippen molar-refractivity contribution in [2.45, 2.75) is 13.1 Å². The number of hydroxylamine groups is 1. The second-order valence-electron chi connectivity index (χ2n) is 5.68. The van der Waals surface area contributed by atoms with E-state index < -0.39 is 17.8 Å². The molecule has 0 aliphatic rings. The summed E-state index contributed by atoms with van der Waals surface area (Å²) in [7, 11) is 0.